The predicted molar refractivity (Wildman–Crippen MR) is 98.0 cm³/mol. The van der Waals surface area contributed by atoms with E-state index in [1.54, 1.807) is 12.1 Å². The average Bonchev–Trinajstić information content (AvgIpc) is 3.45. The molecule has 0 aliphatic rings. The zero-order valence-corrected chi connectivity index (χ0v) is 14.8. The molecule has 0 radical (unpaired) electrons. The number of halogens is 1. The van der Waals surface area contributed by atoms with E-state index in [1.165, 1.54) is 47.6 Å². The number of nitrogens with zero attached hydrogens (tertiary/aromatic N) is 4. The van der Waals surface area contributed by atoms with Crippen LogP contribution in [-0.4, -0.2) is 32.0 Å². The number of hydrogen-bond acceptors (Lipinski definition) is 7. The van der Waals surface area contributed by atoms with E-state index in [9.17, 15) is 14.0 Å². The third kappa shape index (κ3) is 3.64. The van der Waals surface area contributed by atoms with Gasteiger partial charge in [0.05, 0.1) is 27.5 Å². The number of aromatic nitrogens is 4. The first-order valence-corrected chi connectivity index (χ1v) is 8.71. The lowest BCUT2D eigenvalue weighted by atomic mass is 10.2. The third-order valence-corrected chi connectivity index (χ3v) is 4.62. The molecule has 0 fully saturated rings. The number of hydrogen-bond donors (Lipinski definition) is 2. The van der Waals surface area contributed by atoms with E-state index in [-0.39, 0.29) is 11.4 Å². The van der Waals surface area contributed by atoms with Crippen molar-refractivity contribution in [3.63, 3.8) is 0 Å². The Kier molecular flexibility index (Phi) is 4.64. The molecule has 2 amide bonds. The van der Waals surface area contributed by atoms with Crippen LogP contribution in [0.25, 0.3) is 5.69 Å². The minimum atomic E-state index is -0.604. The van der Waals surface area contributed by atoms with Crippen LogP contribution in [0.15, 0.2) is 59.5 Å². The van der Waals surface area contributed by atoms with E-state index in [0.29, 0.717) is 15.6 Å². The molecular weight excluding hydrogens is 387 g/mol. The van der Waals surface area contributed by atoms with Gasteiger partial charge in [-0.2, -0.15) is 0 Å². The van der Waals surface area contributed by atoms with Gasteiger partial charge >= 0.3 is 0 Å². The first-order valence-electron chi connectivity index (χ1n) is 7.89. The van der Waals surface area contributed by atoms with Crippen molar-refractivity contribution in [2.45, 2.75) is 0 Å². The summed E-state index contributed by atoms with van der Waals surface area (Å²) in [6.45, 7) is 0. The van der Waals surface area contributed by atoms with Gasteiger partial charge in [0.25, 0.3) is 11.8 Å². The molecule has 0 saturated carbocycles. The number of furan rings is 1. The van der Waals surface area contributed by atoms with Crippen LogP contribution in [0.1, 0.15) is 20.2 Å². The van der Waals surface area contributed by atoms with Crippen molar-refractivity contribution in [3.05, 3.63) is 71.5 Å². The highest BCUT2D eigenvalue weighted by Crippen LogP contribution is 2.25. The summed E-state index contributed by atoms with van der Waals surface area (Å²) >= 11 is 1.05. The Balaban J connectivity index is 1.48. The van der Waals surface area contributed by atoms with Gasteiger partial charge in [0, 0.05) is 0 Å². The molecule has 0 aliphatic heterocycles. The van der Waals surface area contributed by atoms with Gasteiger partial charge in [-0.1, -0.05) is 0 Å². The van der Waals surface area contributed by atoms with E-state index >= 15 is 0 Å². The predicted octanol–water partition coefficient (Wildman–Crippen LogP) is 2.96. The largest absolute Gasteiger partial charge is 0.459 e. The Hall–Kier alpha value is -3.86. The fraction of sp³-hybridized carbons (Fsp3) is 0. The molecule has 0 spiro atoms. The fourth-order valence-corrected chi connectivity index (χ4v) is 3.12. The van der Waals surface area contributed by atoms with Gasteiger partial charge in [-0.15, -0.1) is 16.4 Å². The maximum absolute atomic E-state index is 14.1. The number of rotatable bonds is 5. The van der Waals surface area contributed by atoms with Crippen LogP contribution in [0.4, 0.5) is 15.1 Å². The summed E-state index contributed by atoms with van der Waals surface area (Å²) in [5.41, 5.74) is 0.465. The SMILES string of the molecule is O=C(Nc1ccc(C(=O)Nc2cc(-n3cnnn3)ccc2F)s1)c1ccco1. The van der Waals surface area contributed by atoms with E-state index in [4.69, 9.17) is 4.42 Å². The molecule has 1 aromatic carbocycles. The summed E-state index contributed by atoms with van der Waals surface area (Å²) in [7, 11) is 0. The van der Waals surface area contributed by atoms with Crippen molar-refractivity contribution in [1.29, 1.82) is 0 Å². The van der Waals surface area contributed by atoms with Crippen LogP contribution in [0.5, 0.6) is 0 Å². The first-order chi connectivity index (χ1) is 13.6. The Labute approximate surface area is 160 Å². The molecule has 0 aliphatic carbocycles. The van der Waals surface area contributed by atoms with Crippen LogP contribution in [0.3, 0.4) is 0 Å². The number of carbonyl (C=O) groups is 2. The number of thiophene rings is 1. The van der Waals surface area contributed by atoms with Crippen molar-refractivity contribution >= 4 is 33.8 Å². The second-order valence-corrected chi connectivity index (χ2v) is 6.55. The molecule has 0 atom stereocenters. The van der Waals surface area contributed by atoms with E-state index in [1.807, 2.05) is 0 Å². The number of carbonyl (C=O) groups excluding carboxylic acids is 2. The summed E-state index contributed by atoms with van der Waals surface area (Å²) in [6, 6.07) is 10.3. The van der Waals surface area contributed by atoms with Crippen LogP contribution < -0.4 is 10.6 Å². The quantitative estimate of drug-likeness (QED) is 0.534. The molecule has 3 heterocycles. The van der Waals surface area contributed by atoms with Crippen LogP contribution in [-0.2, 0) is 0 Å². The maximum atomic E-state index is 14.1. The van der Waals surface area contributed by atoms with Crippen LogP contribution in [0, 0.1) is 5.82 Å². The maximum Gasteiger partial charge on any atom is 0.291 e. The van der Waals surface area contributed by atoms with Crippen molar-refractivity contribution in [2.24, 2.45) is 0 Å². The number of nitrogens with one attached hydrogen (secondary N) is 2. The molecule has 3 aromatic heterocycles. The molecule has 140 valence electrons. The second-order valence-electron chi connectivity index (χ2n) is 5.47. The Bertz CT molecular complexity index is 1120. The fourth-order valence-electron chi connectivity index (χ4n) is 2.32. The van der Waals surface area contributed by atoms with Crippen LogP contribution in [0.2, 0.25) is 0 Å². The summed E-state index contributed by atoms with van der Waals surface area (Å²) < 4.78 is 20.4. The van der Waals surface area contributed by atoms with E-state index in [2.05, 4.69) is 26.2 Å². The first kappa shape index (κ1) is 17.5. The molecule has 11 heteroatoms. The summed E-state index contributed by atoms with van der Waals surface area (Å²) in [4.78, 5) is 24.7. The zero-order chi connectivity index (χ0) is 19.5. The third-order valence-electron chi connectivity index (χ3n) is 3.62. The monoisotopic (exact) mass is 398 g/mol. The summed E-state index contributed by atoms with van der Waals surface area (Å²) in [5, 5.41) is 16.3. The highest BCUT2D eigenvalue weighted by atomic mass is 32.1. The number of benzene rings is 1. The highest BCUT2D eigenvalue weighted by molar-refractivity contribution is 7.18. The minimum Gasteiger partial charge on any atom is -0.459 e. The molecule has 4 rings (SSSR count). The normalized spacial score (nSPS) is 10.6. The second kappa shape index (κ2) is 7.40. The summed E-state index contributed by atoms with van der Waals surface area (Å²) in [5.74, 6) is -1.40. The lowest BCUT2D eigenvalue weighted by Crippen LogP contribution is -2.12. The molecule has 4 aromatic rings. The lowest BCUT2D eigenvalue weighted by molar-refractivity contribution is 0.0995. The van der Waals surface area contributed by atoms with Gasteiger partial charge < -0.3 is 15.1 Å². The zero-order valence-electron chi connectivity index (χ0n) is 14.0. The minimum absolute atomic E-state index is 0.0208. The highest BCUT2D eigenvalue weighted by Gasteiger charge is 2.15. The molecule has 0 bridgehead atoms. The van der Waals surface area contributed by atoms with Gasteiger partial charge in [-0.3, -0.25) is 9.59 Å². The molecule has 28 heavy (non-hydrogen) atoms. The van der Waals surface area contributed by atoms with Gasteiger partial charge in [-0.25, -0.2) is 9.07 Å². The van der Waals surface area contributed by atoms with Gasteiger partial charge in [-0.05, 0) is 52.9 Å². The molecular formula is C17H11FN6O3S. The van der Waals surface area contributed by atoms with E-state index < -0.39 is 17.6 Å². The molecule has 2 N–H and O–H groups in total. The van der Waals surface area contributed by atoms with Crippen molar-refractivity contribution in [2.75, 3.05) is 10.6 Å². The average molecular weight is 398 g/mol. The van der Waals surface area contributed by atoms with Gasteiger partial charge in [0.1, 0.15) is 12.1 Å². The Morgan fingerprint density at radius 3 is 2.75 bits per heavy atom. The molecule has 0 saturated heterocycles. The Morgan fingerprint density at radius 2 is 2.00 bits per heavy atom. The topological polar surface area (TPSA) is 115 Å². The standard InChI is InChI=1S/C17H11FN6O3S/c18-11-4-3-10(24-9-19-22-23-24)8-12(11)20-17(26)14-5-6-15(28-14)21-16(25)13-2-1-7-27-13/h1-9H,(H,20,26)(H,21,25). The number of amides is 2. The lowest BCUT2D eigenvalue weighted by Gasteiger charge is -2.07. The Morgan fingerprint density at radius 1 is 1.11 bits per heavy atom. The molecule has 0 unspecified atom stereocenters. The van der Waals surface area contributed by atoms with Crippen LogP contribution >= 0.6 is 11.3 Å². The van der Waals surface area contributed by atoms with Crippen molar-refractivity contribution < 1.29 is 18.4 Å². The smallest absolute Gasteiger partial charge is 0.291 e. The van der Waals surface area contributed by atoms with E-state index in [0.717, 1.165) is 11.3 Å². The number of tetrazole rings is 1. The summed E-state index contributed by atoms with van der Waals surface area (Å²) in [6.07, 6.45) is 2.74. The van der Waals surface area contributed by atoms with Gasteiger partial charge in [0.2, 0.25) is 0 Å². The van der Waals surface area contributed by atoms with Gasteiger partial charge in [0.15, 0.2) is 5.76 Å². The van der Waals surface area contributed by atoms with Crippen molar-refractivity contribution in [3.8, 4) is 5.69 Å². The number of anilines is 2. The van der Waals surface area contributed by atoms with Crippen molar-refractivity contribution in [1.82, 2.24) is 20.2 Å². The molecule has 9 nitrogen and oxygen atoms in total.